The predicted octanol–water partition coefficient (Wildman–Crippen LogP) is 2.29. The van der Waals surface area contributed by atoms with Crippen molar-refractivity contribution in [2.45, 2.75) is 18.9 Å². The zero-order valence-electron chi connectivity index (χ0n) is 11.5. The van der Waals surface area contributed by atoms with E-state index in [1.54, 1.807) is 12.4 Å². The van der Waals surface area contributed by atoms with Crippen LogP contribution in [0.15, 0.2) is 24.5 Å². The number of nitrogen functional groups attached to an aromatic ring is 1. The number of likely N-dealkylation sites (tertiary alicyclic amines) is 1. The summed E-state index contributed by atoms with van der Waals surface area (Å²) in [6.07, 6.45) is 5.88. The number of nitrogens with one attached hydrogen (secondary N) is 1. The van der Waals surface area contributed by atoms with E-state index in [2.05, 4.69) is 26.6 Å². The fraction of sp³-hybridized carbons (Fsp3) is 0.429. The van der Waals surface area contributed by atoms with Gasteiger partial charge in [-0.3, -0.25) is 4.98 Å². The number of aromatic nitrogens is 2. The largest absolute Gasteiger partial charge is 0.382 e. The molecule has 0 saturated carbocycles. The second-order valence-corrected chi connectivity index (χ2v) is 6.00. The Morgan fingerprint density at radius 1 is 1.30 bits per heavy atom. The fourth-order valence-electron chi connectivity index (χ4n) is 2.54. The summed E-state index contributed by atoms with van der Waals surface area (Å²) in [5.74, 6) is 0.594. The van der Waals surface area contributed by atoms with Gasteiger partial charge in [-0.15, -0.1) is 0 Å². The van der Waals surface area contributed by atoms with Crippen molar-refractivity contribution in [3.63, 3.8) is 0 Å². The van der Waals surface area contributed by atoms with E-state index in [4.69, 9.17) is 5.73 Å². The summed E-state index contributed by atoms with van der Waals surface area (Å²) in [6, 6.07) is 4.45. The first-order chi connectivity index (χ1) is 9.74. The number of piperidine rings is 1. The number of hydrogen-bond acceptors (Lipinski definition) is 6. The Balaban J connectivity index is 1.81. The van der Waals surface area contributed by atoms with Gasteiger partial charge in [-0.25, -0.2) is 0 Å². The van der Waals surface area contributed by atoms with Crippen LogP contribution in [0.3, 0.4) is 0 Å². The second kappa shape index (κ2) is 5.76. The number of nitrogens with two attached hydrogens (primary N) is 1. The van der Waals surface area contributed by atoms with Crippen LogP contribution in [0.1, 0.15) is 12.8 Å². The molecule has 0 atom stereocenters. The van der Waals surface area contributed by atoms with Gasteiger partial charge in [0.25, 0.3) is 0 Å². The maximum atomic E-state index is 6.03. The SMILES string of the molecule is CN1CCC(Nc2snc(N)c2-c2ccncc2)CC1. The summed E-state index contributed by atoms with van der Waals surface area (Å²) in [5.41, 5.74) is 8.11. The molecule has 1 aliphatic rings. The second-order valence-electron chi connectivity index (χ2n) is 5.23. The Labute approximate surface area is 123 Å². The molecule has 1 saturated heterocycles. The van der Waals surface area contributed by atoms with Crippen LogP contribution in [-0.4, -0.2) is 40.4 Å². The highest BCUT2D eigenvalue weighted by molar-refractivity contribution is 7.11. The van der Waals surface area contributed by atoms with Crippen molar-refractivity contribution in [1.82, 2.24) is 14.3 Å². The number of hydrogen-bond donors (Lipinski definition) is 2. The van der Waals surface area contributed by atoms with Crippen molar-refractivity contribution < 1.29 is 0 Å². The normalized spacial score (nSPS) is 17.2. The van der Waals surface area contributed by atoms with Crippen molar-refractivity contribution in [2.24, 2.45) is 0 Å². The summed E-state index contributed by atoms with van der Waals surface area (Å²) >= 11 is 1.45. The number of pyridine rings is 1. The van der Waals surface area contributed by atoms with Gasteiger partial charge in [0, 0.05) is 18.4 Å². The average Bonchev–Trinajstić information content (AvgIpc) is 2.83. The van der Waals surface area contributed by atoms with Crippen LogP contribution in [0.5, 0.6) is 0 Å². The van der Waals surface area contributed by atoms with E-state index in [-0.39, 0.29) is 0 Å². The van der Waals surface area contributed by atoms with Gasteiger partial charge in [-0.1, -0.05) is 0 Å². The summed E-state index contributed by atoms with van der Waals surface area (Å²) < 4.78 is 4.30. The number of nitrogens with zero attached hydrogens (tertiary/aromatic N) is 3. The molecule has 0 amide bonds. The van der Waals surface area contributed by atoms with Gasteiger partial charge in [0.1, 0.15) is 10.8 Å². The Hall–Kier alpha value is -1.66. The highest BCUT2D eigenvalue weighted by Gasteiger charge is 2.20. The van der Waals surface area contributed by atoms with Gasteiger partial charge in [0.2, 0.25) is 0 Å². The molecule has 3 N–H and O–H groups in total. The van der Waals surface area contributed by atoms with E-state index < -0.39 is 0 Å². The highest BCUT2D eigenvalue weighted by Crippen LogP contribution is 2.37. The zero-order valence-corrected chi connectivity index (χ0v) is 12.4. The lowest BCUT2D eigenvalue weighted by Crippen LogP contribution is -2.36. The Bertz CT molecular complexity index is 560. The Morgan fingerprint density at radius 2 is 2.00 bits per heavy atom. The molecule has 0 aromatic carbocycles. The topological polar surface area (TPSA) is 67.1 Å². The maximum Gasteiger partial charge on any atom is 0.147 e. The van der Waals surface area contributed by atoms with Gasteiger partial charge >= 0.3 is 0 Å². The van der Waals surface area contributed by atoms with E-state index in [0.717, 1.165) is 42.1 Å². The Morgan fingerprint density at radius 3 is 2.70 bits per heavy atom. The van der Waals surface area contributed by atoms with E-state index in [0.29, 0.717) is 11.9 Å². The zero-order chi connectivity index (χ0) is 13.9. The van der Waals surface area contributed by atoms with Crippen LogP contribution in [0.2, 0.25) is 0 Å². The van der Waals surface area contributed by atoms with Crippen LogP contribution in [0.4, 0.5) is 10.8 Å². The molecule has 0 aliphatic carbocycles. The molecule has 1 fully saturated rings. The van der Waals surface area contributed by atoms with E-state index in [1.165, 1.54) is 11.5 Å². The monoisotopic (exact) mass is 289 g/mol. The summed E-state index contributed by atoms with van der Waals surface area (Å²) in [5, 5.41) is 4.69. The molecule has 5 nitrogen and oxygen atoms in total. The standard InChI is InChI=1S/C14H19N5S/c1-19-8-4-11(5-9-19)17-14-12(13(15)18-20-14)10-2-6-16-7-3-10/h2-3,6-7,11,17H,4-5,8-9H2,1H3,(H2,15,18). The van der Waals surface area contributed by atoms with E-state index in [9.17, 15) is 0 Å². The van der Waals surface area contributed by atoms with Gasteiger partial charge in [-0.05, 0) is 62.2 Å². The summed E-state index contributed by atoms with van der Waals surface area (Å²) in [4.78, 5) is 6.42. The third kappa shape index (κ3) is 2.76. The minimum Gasteiger partial charge on any atom is -0.382 e. The van der Waals surface area contributed by atoms with Crippen LogP contribution in [0.25, 0.3) is 11.1 Å². The third-order valence-electron chi connectivity index (χ3n) is 3.74. The molecule has 2 aromatic heterocycles. The minimum atomic E-state index is 0.506. The van der Waals surface area contributed by atoms with E-state index in [1.807, 2.05) is 12.1 Å². The lowest BCUT2D eigenvalue weighted by atomic mass is 10.0. The van der Waals surface area contributed by atoms with Crippen molar-refractivity contribution in [2.75, 3.05) is 31.2 Å². The first-order valence-corrected chi connectivity index (χ1v) is 7.62. The van der Waals surface area contributed by atoms with Crippen LogP contribution in [-0.2, 0) is 0 Å². The molecule has 3 heterocycles. The molecule has 0 spiro atoms. The average molecular weight is 289 g/mol. The molecule has 3 rings (SSSR count). The Kier molecular flexibility index (Phi) is 3.84. The van der Waals surface area contributed by atoms with Gasteiger partial charge in [-0.2, -0.15) is 4.37 Å². The predicted molar refractivity (Wildman–Crippen MR) is 83.9 cm³/mol. The fourth-order valence-corrected chi connectivity index (χ4v) is 3.35. The van der Waals surface area contributed by atoms with Gasteiger partial charge < -0.3 is 16.0 Å². The minimum absolute atomic E-state index is 0.506. The van der Waals surface area contributed by atoms with Crippen molar-refractivity contribution in [3.05, 3.63) is 24.5 Å². The van der Waals surface area contributed by atoms with Crippen molar-refractivity contribution in [1.29, 1.82) is 0 Å². The van der Waals surface area contributed by atoms with Crippen LogP contribution in [0, 0.1) is 0 Å². The van der Waals surface area contributed by atoms with E-state index >= 15 is 0 Å². The molecule has 0 unspecified atom stereocenters. The smallest absolute Gasteiger partial charge is 0.147 e. The number of anilines is 2. The number of rotatable bonds is 3. The lowest BCUT2D eigenvalue weighted by Gasteiger charge is -2.29. The van der Waals surface area contributed by atoms with Crippen LogP contribution >= 0.6 is 11.5 Å². The van der Waals surface area contributed by atoms with Gasteiger partial charge in [0.05, 0.1) is 5.56 Å². The molecule has 1 aliphatic heterocycles. The quantitative estimate of drug-likeness (QED) is 0.907. The van der Waals surface area contributed by atoms with Crippen molar-refractivity contribution >= 4 is 22.4 Å². The molecule has 0 radical (unpaired) electrons. The molecular weight excluding hydrogens is 270 g/mol. The summed E-state index contributed by atoms with van der Waals surface area (Å²) in [7, 11) is 2.17. The molecule has 106 valence electrons. The van der Waals surface area contributed by atoms with Gasteiger partial charge in [0.15, 0.2) is 0 Å². The molecule has 0 bridgehead atoms. The highest BCUT2D eigenvalue weighted by atomic mass is 32.1. The molecule has 6 heteroatoms. The first kappa shape index (κ1) is 13.3. The lowest BCUT2D eigenvalue weighted by molar-refractivity contribution is 0.264. The molecule has 20 heavy (non-hydrogen) atoms. The molecular formula is C14H19N5S. The first-order valence-electron chi connectivity index (χ1n) is 6.84. The maximum absolute atomic E-state index is 6.03. The third-order valence-corrected chi connectivity index (χ3v) is 4.53. The summed E-state index contributed by atoms with van der Waals surface area (Å²) in [6.45, 7) is 2.27. The van der Waals surface area contributed by atoms with Crippen molar-refractivity contribution in [3.8, 4) is 11.1 Å². The van der Waals surface area contributed by atoms with Crippen LogP contribution < -0.4 is 11.1 Å². The molecule has 2 aromatic rings.